The molecule has 0 amide bonds. The molecule has 0 bridgehead atoms. The van der Waals surface area contributed by atoms with Gasteiger partial charge in [0, 0.05) is 17.6 Å². The molecule has 2 rings (SSSR count). The van der Waals surface area contributed by atoms with Crippen LogP contribution in [0.1, 0.15) is 38.3 Å². The second kappa shape index (κ2) is 4.15. The Bertz CT molecular complexity index is 370. The van der Waals surface area contributed by atoms with Crippen LogP contribution in [0.25, 0.3) is 0 Å². The van der Waals surface area contributed by atoms with E-state index in [2.05, 4.69) is 5.32 Å². The van der Waals surface area contributed by atoms with Gasteiger partial charge in [0.15, 0.2) is 0 Å². The van der Waals surface area contributed by atoms with E-state index >= 15 is 0 Å². The molecule has 1 aromatic rings. The Labute approximate surface area is 96.0 Å². The molecule has 88 valence electrons. The maximum atomic E-state index is 13.1. The zero-order valence-electron chi connectivity index (χ0n) is 9.83. The van der Waals surface area contributed by atoms with Gasteiger partial charge in [-0.2, -0.15) is 0 Å². The maximum Gasteiger partial charge on any atom is 0.123 e. The summed E-state index contributed by atoms with van der Waals surface area (Å²) in [7, 11) is 0. The average molecular weight is 222 g/mol. The zero-order chi connectivity index (χ0) is 11.8. The van der Waals surface area contributed by atoms with Gasteiger partial charge in [-0.15, -0.1) is 0 Å². The van der Waals surface area contributed by atoms with Gasteiger partial charge in [-0.05, 0) is 44.4 Å². The Hall–Kier alpha value is -0.930. The maximum absolute atomic E-state index is 13.1. The Balaban J connectivity index is 2.09. The summed E-state index contributed by atoms with van der Waals surface area (Å²) in [5, 5.41) is 3.48. The SMILES string of the molecule is CC(C)(N)[C@H]1CC[C@@H](c2cccc(F)c2)N1. The molecule has 0 radical (unpaired) electrons. The molecule has 0 aromatic heterocycles. The molecular formula is C13H19FN2. The van der Waals surface area contributed by atoms with Crippen LogP contribution >= 0.6 is 0 Å². The number of nitrogens with two attached hydrogens (primary N) is 1. The minimum Gasteiger partial charge on any atom is -0.324 e. The number of rotatable bonds is 2. The lowest BCUT2D eigenvalue weighted by molar-refractivity contribution is 0.366. The molecule has 1 aliphatic heterocycles. The van der Waals surface area contributed by atoms with Crippen molar-refractivity contribution in [3.8, 4) is 0 Å². The van der Waals surface area contributed by atoms with E-state index in [1.54, 1.807) is 12.1 Å². The Morgan fingerprint density at radius 2 is 2.12 bits per heavy atom. The fraction of sp³-hybridized carbons (Fsp3) is 0.538. The van der Waals surface area contributed by atoms with Crippen LogP contribution in [0.15, 0.2) is 24.3 Å². The lowest BCUT2D eigenvalue weighted by Gasteiger charge is -2.27. The molecule has 3 heteroatoms. The number of benzene rings is 1. The van der Waals surface area contributed by atoms with Crippen molar-refractivity contribution in [2.24, 2.45) is 5.73 Å². The van der Waals surface area contributed by atoms with E-state index in [-0.39, 0.29) is 17.4 Å². The van der Waals surface area contributed by atoms with Crippen molar-refractivity contribution in [3.05, 3.63) is 35.6 Å². The van der Waals surface area contributed by atoms with Crippen LogP contribution in [0.3, 0.4) is 0 Å². The van der Waals surface area contributed by atoms with Crippen molar-refractivity contribution >= 4 is 0 Å². The molecule has 1 fully saturated rings. The van der Waals surface area contributed by atoms with Crippen LogP contribution in [0.5, 0.6) is 0 Å². The van der Waals surface area contributed by atoms with Gasteiger partial charge in [-0.3, -0.25) is 0 Å². The molecule has 0 spiro atoms. The summed E-state index contributed by atoms with van der Waals surface area (Å²) in [5.41, 5.74) is 6.87. The summed E-state index contributed by atoms with van der Waals surface area (Å²) < 4.78 is 13.1. The van der Waals surface area contributed by atoms with Crippen LogP contribution in [-0.4, -0.2) is 11.6 Å². The molecule has 1 heterocycles. The van der Waals surface area contributed by atoms with E-state index in [4.69, 9.17) is 5.73 Å². The molecule has 1 aromatic carbocycles. The van der Waals surface area contributed by atoms with Gasteiger partial charge in [0.25, 0.3) is 0 Å². The van der Waals surface area contributed by atoms with Gasteiger partial charge in [0.1, 0.15) is 5.82 Å². The Morgan fingerprint density at radius 1 is 1.38 bits per heavy atom. The molecule has 2 nitrogen and oxygen atoms in total. The second-order valence-electron chi connectivity index (χ2n) is 5.23. The standard InChI is InChI=1S/C13H19FN2/c1-13(2,15)12-7-6-11(16-12)9-4-3-5-10(14)8-9/h3-5,8,11-12,16H,6-7,15H2,1-2H3/t11-,12+/m0/s1. The van der Waals surface area contributed by atoms with Crippen LogP contribution in [-0.2, 0) is 0 Å². The highest BCUT2D eigenvalue weighted by Crippen LogP contribution is 2.30. The van der Waals surface area contributed by atoms with Gasteiger partial charge in [-0.1, -0.05) is 12.1 Å². The summed E-state index contributed by atoms with van der Waals surface area (Å²) in [5.74, 6) is -0.172. The van der Waals surface area contributed by atoms with Crippen molar-refractivity contribution in [3.63, 3.8) is 0 Å². The third kappa shape index (κ3) is 2.42. The molecule has 3 N–H and O–H groups in total. The van der Waals surface area contributed by atoms with E-state index in [1.165, 1.54) is 6.07 Å². The summed E-state index contributed by atoms with van der Waals surface area (Å²) in [4.78, 5) is 0. The van der Waals surface area contributed by atoms with E-state index in [0.29, 0.717) is 6.04 Å². The summed E-state index contributed by atoms with van der Waals surface area (Å²) in [6, 6.07) is 7.34. The molecule has 0 unspecified atom stereocenters. The molecule has 2 atom stereocenters. The lowest BCUT2D eigenvalue weighted by Crippen LogP contribution is -2.50. The minimum absolute atomic E-state index is 0.172. The normalized spacial score (nSPS) is 26.0. The van der Waals surface area contributed by atoms with Crippen LogP contribution in [0.4, 0.5) is 4.39 Å². The predicted molar refractivity (Wildman–Crippen MR) is 63.6 cm³/mol. The van der Waals surface area contributed by atoms with E-state index < -0.39 is 0 Å². The van der Waals surface area contributed by atoms with Crippen LogP contribution in [0.2, 0.25) is 0 Å². The van der Waals surface area contributed by atoms with Crippen molar-refractivity contribution in [2.75, 3.05) is 0 Å². The second-order valence-corrected chi connectivity index (χ2v) is 5.23. The average Bonchev–Trinajstić information content (AvgIpc) is 2.65. The lowest BCUT2D eigenvalue weighted by atomic mass is 9.95. The zero-order valence-corrected chi connectivity index (χ0v) is 9.83. The first kappa shape index (κ1) is 11.6. The highest BCUT2D eigenvalue weighted by Gasteiger charge is 2.33. The molecule has 0 saturated carbocycles. The van der Waals surface area contributed by atoms with E-state index in [9.17, 15) is 4.39 Å². The fourth-order valence-electron chi connectivity index (χ4n) is 2.32. The fourth-order valence-corrected chi connectivity index (χ4v) is 2.32. The highest BCUT2D eigenvalue weighted by atomic mass is 19.1. The van der Waals surface area contributed by atoms with Gasteiger partial charge in [-0.25, -0.2) is 4.39 Å². The molecule has 0 aliphatic carbocycles. The molecule has 1 aliphatic rings. The van der Waals surface area contributed by atoms with E-state index in [1.807, 2.05) is 19.9 Å². The summed E-state index contributed by atoms with van der Waals surface area (Å²) in [6.45, 7) is 4.05. The first-order valence-electron chi connectivity index (χ1n) is 5.77. The highest BCUT2D eigenvalue weighted by molar-refractivity contribution is 5.22. The number of hydrogen-bond donors (Lipinski definition) is 2. The van der Waals surface area contributed by atoms with Crippen molar-refractivity contribution in [1.29, 1.82) is 0 Å². The van der Waals surface area contributed by atoms with Gasteiger partial charge in [0.05, 0.1) is 0 Å². The van der Waals surface area contributed by atoms with Gasteiger partial charge in [0.2, 0.25) is 0 Å². The van der Waals surface area contributed by atoms with Crippen molar-refractivity contribution < 1.29 is 4.39 Å². The Kier molecular flexibility index (Phi) is 3.00. The third-order valence-electron chi connectivity index (χ3n) is 3.30. The first-order valence-corrected chi connectivity index (χ1v) is 5.77. The Morgan fingerprint density at radius 3 is 2.69 bits per heavy atom. The van der Waals surface area contributed by atoms with Crippen molar-refractivity contribution in [2.45, 2.75) is 44.3 Å². The predicted octanol–water partition coefficient (Wildman–Crippen LogP) is 2.36. The van der Waals surface area contributed by atoms with Gasteiger partial charge < -0.3 is 11.1 Å². The third-order valence-corrected chi connectivity index (χ3v) is 3.30. The largest absolute Gasteiger partial charge is 0.324 e. The molecule has 16 heavy (non-hydrogen) atoms. The molecule has 1 saturated heterocycles. The number of nitrogens with one attached hydrogen (secondary N) is 1. The van der Waals surface area contributed by atoms with Crippen LogP contribution in [0, 0.1) is 5.82 Å². The first-order chi connectivity index (χ1) is 7.47. The number of hydrogen-bond acceptors (Lipinski definition) is 2. The van der Waals surface area contributed by atoms with E-state index in [0.717, 1.165) is 18.4 Å². The van der Waals surface area contributed by atoms with Crippen molar-refractivity contribution in [1.82, 2.24) is 5.32 Å². The number of halogens is 1. The monoisotopic (exact) mass is 222 g/mol. The van der Waals surface area contributed by atoms with Gasteiger partial charge >= 0.3 is 0 Å². The molecular weight excluding hydrogens is 203 g/mol. The summed E-state index contributed by atoms with van der Waals surface area (Å²) in [6.07, 6.45) is 2.07. The summed E-state index contributed by atoms with van der Waals surface area (Å²) >= 11 is 0. The topological polar surface area (TPSA) is 38.0 Å². The smallest absolute Gasteiger partial charge is 0.123 e. The minimum atomic E-state index is -0.220. The van der Waals surface area contributed by atoms with Crippen LogP contribution < -0.4 is 11.1 Å². The quantitative estimate of drug-likeness (QED) is 0.806.